The van der Waals surface area contributed by atoms with Gasteiger partial charge in [0.05, 0.1) is 6.61 Å². The normalized spacial score (nSPS) is 17.6. The van der Waals surface area contributed by atoms with Crippen molar-refractivity contribution in [2.75, 3.05) is 39.3 Å². The van der Waals surface area contributed by atoms with Gasteiger partial charge in [0.25, 0.3) is 5.91 Å². The molecular formula is C15H21ClN2O3. The van der Waals surface area contributed by atoms with Crippen molar-refractivity contribution in [3.8, 4) is 5.75 Å². The molecule has 1 aromatic carbocycles. The highest BCUT2D eigenvalue weighted by molar-refractivity contribution is 6.30. The molecule has 1 amide bonds. The lowest BCUT2D eigenvalue weighted by Gasteiger charge is -2.35. The number of hydrogen-bond acceptors (Lipinski definition) is 4. The van der Waals surface area contributed by atoms with Crippen LogP contribution in [0.5, 0.6) is 5.75 Å². The van der Waals surface area contributed by atoms with Gasteiger partial charge in [0.15, 0.2) is 6.10 Å². The molecule has 2 rings (SSSR count). The van der Waals surface area contributed by atoms with Crippen LogP contribution in [0.3, 0.4) is 0 Å². The SMILES string of the molecule is CC(Oc1ccc(Cl)cc1)C(=O)N1CCN(CCO)CC1. The minimum absolute atomic E-state index is 0.00593. The molecule has 1 saturated heterocycles. The maximum Gasteiger partial charge on any atom is 0.263 e. The van der Waals surface area contributed by atoms with Crippen LogP contribution in [0.1, 0.15) is 6.92 Å². The zero-order chi connectivity index (χ0) is 15.2. The van der Waals surface area contributed by atoms with Crippen molar-refractivity contribution < 1.29 is 14.6 Å². The number of benzene rings is 1. The molecule has 0 spiro atoms. The van der Waals surface area contributed by atoms with Crippen molar-refractivity contribution in [1.82, 2.24) is 9.80 Å². The van der Waals surface area contributed by atoms with Crippen LogP contribution in [0.4, 0.5) is 0 Å². The van der Waals surface area contributed by atoms with Crippen molar-refractivity contribution in [2.24, 2.45) is 0 Å². The third-order valence-corrected chi connectivity index (χ3v) is 3.83. The number of ether oxygens (including phenoxy) is 1. The van der Waals surface area contributed by atoms with Gasteiger partial charge in [-0.05, 0) is 31.2 Å². The van der Waals surface area contributed by atoms with E-state index in [0.717, 1.165) is 13.1 Å². The van der Waals surface area contributed by atoms with Gasteiger partial charge < -0.3 is 14.7 Å². The van der Waals surface area contributed by atoms with E-state index in [1.165, 1.54) is 0 Å². The Kier molecular flexibility index (Phi) is 5.85. The van der Waals surface area contributed by atoms with Gasteiger partial charge in [0.2, 0.25) is 0 Å². The third kappa shape index (κ3) is 4.59. The van der Waals surface area contributed by atoms with Crippen LogP contribution < -0.4 is 4.74 Å². The molecule has 1 fully saturated rings. The Morgan fingerprint density at radius 2 is 1.90 bits per heavy atom. The van der Waals surface area contributed by atoms with Gasteiger partial charge in [0, 0.05) is 37.7 Å². The Labute approximate surface area is 130 Å². The number of nitrogens with zero attached hydrogens (tertiary/aromatic N) is 2. The van der Waals surface area contributed by atoms with E-state index in [0.29, 0.717) is 30.4 Å². The van der Waals surface area contributed by atoms with E-state index in [4.69, 9.17) is 21.4 Å². The predicted molar refractivity (Wildman–Crippen MR) is 81.6 cm³/mol. The van der Waals surface area contributed by atoms with Gasteiger partial charge in [0.1, 0.15) is 5.75 Å². The minimum Gasteiger partial charge on any atom is -0.481 e. The van der Waals surface area contributed by atoms with Crippen molar-refractivity contribution in [3.63, 3.8) is 0 Å². The number of carbonyl (C=O) groups excluding carboxylic acids is 1. The summed E-state index contributed by atoms with van der Waals surface area (Å²) in [7, 11) is 0. The molecule has 21 heavy (non-hydrogen) atoms. The average Bonchev–Trinajstić information content (AvgIpc) is 2.50. The number of β-amino-alcohol motifs (C(OH)–C–C–N with tert-alkyl or cyclic N) is 1. The Hall–Kier alpha value is -1.30. The van der Waals surface area contributed by atoms with E-state index in [9.17, 15) is 4.79 Å². The number of amides is 1. The molecule has 0 radical (unpaired) electrons. The molecule has 116 valence electrons. The molecule has 1 aliphatic rings. The quantitative estimate of drug-likeness (QED) is 0.889. The van der Waals surface area contributed by atoms with Crippen LogP contribution in [-0.4, -0.2) is 66.2 Å². The van der Waals surface area contributed by atoms with Gasteiger partial charge >= 0.3 is 0 Å². The first kappa shape index (κ1) is 16.1. The number of rotatable bonds is 5. The largest absolute Gasteiger partial charge is 0.481 e. The molecule has 1 unspecified atom stereocenters. The van der Waals surface area contributed by atoms with Crippen molar-refractivity contribution >= 4 is 17.5 Å². The molecule has 6 heteroatoms. The maximum absolute atomic E-state index is 12.3. The molecule has 1 aliphatic heterocycles. The smallest absolute Gasteiger partial charge is 0.263 e. The summed E-state index contributed by atoms with van der Waals surface area (Å²) < 4.78 is 5.66. The lowest BCUT2D eigenvalue weighted by molar-refractivity contribution is -0.139. The fourth-order valence-electron chi connectivity index (χ4n) is 2.36. The monoisotopic (exact) mass is 312 g/mol. The molecule has 1 aromatic rings. The van der Waals surface area contributed by atoms with E-state index in [-0.39, 0.29) is 12.5 Å². The summed E-state index contributed by atoms with van der Waals surface area (Å²) in [4.78, 5) is 16.3. The van der Waals surface area contributed by atoms with Gasteiger partial charge in [-0.15, -0.1) is 0 Å². The third-order valence-electron chi connectivity index (χ3n) is 3.57. The van der Waals surface area contributed by atoms with Gasteiger partial charge in [-0.1, -0.05) is 11.6 Å². The van der Waals surface area contributed by atoms with Crippen LogP contribution in [0.2, 0.25) is 5.02 Å². The predicted octanol–water partition coefficient (Wildman–Crippen LogP) is 1.24. The summed E-state index contributed by atoms with van der Waals surface area (Å²) in [6.07, 6.45) is -0.518. The molecule has 1 atom stereocenters. The highest BCUT2D eigenvalue weighted by atomic mass is 35.5. The molecule has 0 saturated carbocycles. The Balaban J connectivity index is 1.84. The number of carbonyl (C=O) groups is 1. The topological polar surface area (TPSA) is 53.0 Å². The van der Waals surface area contributed by atoms with Gasteiger partial charge in [-0.3, -0.25) is 9.69 Å². The summed E-state index contributed by atoms with van der Waals surface area (Å²) in [6.45, 7) is 5.51. The molecule has 0 bridgehead atoms. The number of aliphatic hydroxyl groups is 1. The number of aliphatic hydroxyl groups excluding tert-OH is 1. The molecule has 5 nitrogen and oxygen atoms in total. The van der Waals surface area contributed by atoms with Gasteiger partial charge in [-0.25, -0.2) is 0 Å². The second-order valence-electron chi connectivity index (χ2n) is 5.10. The molecule has 0 aliphatic carbocycles. The number of halogens is 1. The summed E-state index contributed by atoms with van der Waals surface area (Å²) in [5, 5.41) is 9.55. The summed E-state index contributed by atoms with van der Waals surface area (Å²) in [5.41, 5.74) is 0. The van der Waals surface area contributed by atoms with Crippen molar-refractivity contribution in [2.45, 2.75) is 13.0 Å². The van der Waals surface area contributed by atoms with E-state index in [1.807, 2.05) is 4.90 Å². The zero-order valence-electron chi connectivity index (χ0n) is 12.2. The molecular weight excluding hydrogens is 292 g/mol. The van der Waals surface area contributed by atoms with Crippen LogP contribution in [0.25, 0.3) is 0 Å². The summed E-state index contributed by atoms with van der Waals surface area (Å²) in [6, 6.07) is 6.99. The van der Waals surface area contributed by atoms with Crippen molar-refractivity contribution in [1.29, 1.82) is 0 Å². The molecule has 1 N–H and O–H groups in total. The van der Waals surface area contributed by atoms with Crippen LogP contribution in [0, 0.1) is 0 Å². The van der Waals surface area contributed by atoms with Gasteiger partial charge in [-0.2, -0.15) is 0 Å². The van der Waals surface area contributed by atoms with Crippen LogP contribution in [0.15, 0.2) is 24.3 Å². The zero-order valence-corrected chi connectivity index (χ0v) is 12.9. The van der Waals surface area contributed by atoms with Crippen LogP contribution >= 0.6 is 11.6 Å². The van der Waals surface area contributed by atoms with E-state index < -0.39 is 6.10 Å². The van der Waals surface area contributed by atoms with E-state index in [2.05, 4.69) is 4.90 Å². The summed E-state index contributed by atoms with van der Waals surface area (Å²) >= 11 is 5.82. The average molecular weight is 313 g/mol. The lowest BCUT2D eigenvalue weighted by Crippen LogP contribution is -2.52. The fraction of sp³-hybridized carbons (Fsp3) is 0.533. The van der Waals surface area contributed by atoms with Crippen LogP contribution in [-0.2, 0) is 4.79 Å². The van der Waals surface area contributed by atoms with E-state index >= 15 is 0 Å². The Morgan fingerprint density at radius 1 is 1.29 bits per heavy atom. The molecule has 0 aromatic heterocycles. The lowest BCUT2D eigenvalue weighted by atomic mass is 10.2. The number of piperazine rings is 1. The summed E-state index contributed by atoms with van der Waals surface area (Å²) in [5.74, 6) is 0.632. The van der Waals surface area contributed by atoms with Crippen molar-refractivity contribution in [3.05, 3.63) is 29.3 Å². The first-order chi connectivity index (χ1) is 10.1. The second-order valence-corrected chi connectivity index (χ2v) is 5.54. The second kappa shape index (κ2) is 7.64. The number of hydrogen-bond donors (Lipinski definition) is 1. The maximum atomic E-state index is 12.3. The molecule has 1 heterocycles. The first-order valence-corrected chi connectivity index (χ1v) is 7.52. The highest BCUT2D eigenvalue weighted by Gasteiger charge is 2.25. The first-order valence-electron chi connectivity index (χ1n) is 7.14. The fourth-order valence-corrected chi connectivity index (χ4v) is 2.48. The Bertz CT molecular complexity index is 458. The van der Waals surface area contributed by atoms with E-state index in [1.54, 1.807) is 31.2 Å². The highest BCUT2D eigenvalue weighted by Crippen LogP contribution is 2.17. The Morgan fingerprint density at radius 3 is 2.48 bits per heavy atom. The standard InChI is InChI=1S/C15H21ClN2O3/c1-12(21-14-4-2-13(16)3-5-14)15(20)18-8-6-17(7-9-18)10-11-19/h2-5,12,19H,6-11H2,1H3. The minimum atomic E-state index is -0.518.